The maximum absolute atomic E-state index is 11.7. The second kappa shape index (κ2) is 5.27. The first-order chi connectivity index (χ1) is 8.18. The number of benzene rings is 1. The van der Waals surface area contributed by atoms with Crippen molar-refractivity contribution in [2.24, 2.45) is 7.05 Å². The highest BCUT2D eigenvalue weighted by molar-refractivity contribution is 9.10. The zero-order valence-electron chi connectivity index (χ0n) is 9.56. The van der Waals surface area contributed by atoms with E-state index in [0.717, 1.165) is 18.5 Å². The van der Waals surface area contributed by atoms with Crippen LogP contribution in [-0.2, 0) is 19.9 Å². The Hall–Kier alpha value is -1.42. The predicted molar refractivity (Wildman–Crippen MR) is 71.0 cm³/mol. The molecule has 88 valence electrons. The molecule has 0 aliphatic carbocycles. The van der Waals surface area contributed by atoms with Gasteiger partial charge in [0.2, 0.25) is 0 Å². The van der Waals surface area contributed by atoms with Crippen molar-refractivity contribution in [1.82, 2.24) is 9.55 Å². The Bertz CT molecular complexity index is 563. The highest BCUT2D eigenvalue weighted by Crippen LogP contribution is 2.11. The molecule has 0 radical (unpaired) electrons. The molecule has 2 rings (SSSR count). The summed E-state index contributed by atoms with van der Waals surface area (Å²) in [5.74, 6) is 0. The third-order valence-electron chi connectivity index (χ3n) is 2.64. The topological polar surface area (TPSA) is 34.9 Å². The molecule has 1 aromatic carbocycles. The van der Waals surface area contributed by atoms with E-state index in [1.165, 1.54) is 10.1 Å². The Balaban J connectivity index is 2.15. The van der Waals surface area contributed by atoms with Crippen LogP contribution in [0.15, 0.2) is 45.9 Å². The van der Waals surface area contributed by atoms with Gasteiger partial charge in [0.1, 0.15) is 4.47 Å². The normalized spacial score (nSPS) is 10.5. The van der Waals surface area contributed by atoms with Crippen LogP contribution in [0.5, 0.6) is 0 Å². The van der Waals surface area contributed by atoms with Gasteiger partial charge in [-0.2, -0.15) is 0 Å². The van der Waals surface area contributed by atoms with Crippen molar-refractivity contribution < 1.29 is 0 Å². The van der Waals surface area contributed by atoms with Crippen molar-refractivity contribution in [3.8, 4) is 0 Å². The SMILES string of the molecule is Cn1cnc(CCc2ccccc2)c(Br)c1=O. The molecule has 0 unspecified atom stereocenters. The van der Waals surface area contributed by atoms with Gasteiger partial charge in [-0.15, -0.1) is 0 Å². The number of hydrogen-bond donors (Lipinski definition) is 0. The van der Waals surface area contributed by atoms with Crippen LogP contribution in [0.4, 0.5) is 0 Å². The zero-order chi connectivity index (χ0) is 12.3. The first-order valence-corrected chi connectivity index (χ1v) is 6.21. The van der Waals surface area contributed by atoms with Gasteiger partial charge < -0.3 is 4.57 Å². The molecule has 17 heavy (non-hydrogen) atoms. The summed E-state index contributed by atoms with van der Waals surface area (Å²) in [7, 11) is 1.70. The Kier molecular flexibility index (Phi) is 3.74. The van der Waals surface area contributed by atoms with Crippen LogP contribution < -0.4 is 5.56 Å². The monoisotopic (exact) mass is 292 g/mol. The number of aryl methyl sites for hydroxylation is 3. The van der Waals surface area contributed by atoms with E-state index in [4.69, 9.17) is 0 Å². The van der Waals surface area contributed by atoms with Crippen molar-refractivity contribution in [3.63, 3.8) is 0 Å². The number of rotatable bonds is 3. The molecule has 0 amide bonds. The van der Waals surface area contributed by atoms with Crippen molar-refractivity contribution in [2.45, 2.75) is 12.8 Å². The summed E-state index contributed by atoms with van der Waals surface area (Å²) in [5, 5.41) is 0. The fourth-order valence-electron chi connectivity index (χ4n) is 1.63. The third-order valence-corrected chi connectivity index (χ3v) is 3.44. The second-order valence-corrected chi connectivity index (χ2v) is 4.70. The highest BCUT2D eigenvalue weighted by atomic mass is 79.9. The number of halogens is 1. The third kappa shape index (κ3) is 2.82. The number of hydrogen-bond acceptors (Lipinski definition) is 2. The van der Waals surface area contributed by atoms with E-state index in [2.05, 4.69) is 33.0 Å². The van der Waals surface area contributed by atoms with Crippen molar-refractivity contribution in [1.29, 1.82) is 0 Å². The molecule has 0 N–H and O–H groups in total. The molecule has 1 heterocycles. The average Bonchev–Trinajstić information content (AvgIpc) is 2.36. The molecule has 3 nitrogen and oxygen atoms in total. The van der Waals surface area contributed by atoms with Crippen molar-refractivity contribution in [2.75, 3.05) is 0 Å². The van der Waals surface area contributed by atoms with Crippen LogP contribution in [0.3, 0.4) is 0 Å². The molecular formula is C13H13BrN2O. The van der Waals surface area contributed by atoms with Crippen LogP contribution >= 0.6 is 15.9 Å². The summed E-state index contributed by atoms with van der Waals surface area (Å²) < 4.78 is 2.04. The molecule has 0 spiro atoms. The van der Waals surface area contributed by atoms with Gasteiger partial charge in [-0.3, -0.25) is 4.79 Å². The minimum Gasteiger partial charge on any atom is -0.301 e. The van der Waals surface area contributed by atoms with Gasteiger partial charge in [0, 0.05) is 7.05 Å². The van der Waals surface area contributed by atoms with Gasteiger partial charge in [0.25, 0.3) is 5.56 Å². The lowest BCUT2D eigenvalue weighted by atomic mass is 10.1. The summed E-state index contributed by atoms with van der Waals surface area (Å²) >= 11 is 3.31. The van der Waals surface area contributed by atoms with Gasteiger partial charge in [0.15, 0.2) is 0 Å². The Labute approximate surface area is 108 Å². The van der Waals surface area contributed by atoms with Crippen LogP contribution in [0.2, 0.25) is 0 Å². The fourth-order valence-corrected chi connectivity index (χ4v) is 2.21. The number of nitrogens with zero attached hydrogens (tertiary/aromatic N) is 2. The summed E-state index contributed by atoms with van der Waals surface area (Å²) in [6.07, 6.45) is 3.22. The van der Waals surface area contributed by atoms with Gasteiger partial charge in [-0.05, 0) is 34.3 Å². The lowest BCUT2D eigenvalue weighted by Crippen LogP contribution is -2.20. The Morgan fingerprint density at radius 2 is 1.94 bits per heavy atom. The fraction of sp³-hybridized carbons (Fsp3) is 0.231. The highest BCUT2D eigenvalue weighted by Gasteiger charge is 2.07. The van der Waals surface area contributed by atoms with E-state index in [0.29, 0.717) is 4.47 Å². The molecule has 0 saturated carbocycles. The molecule has 4 heteroatoms. The first kappa shape index (κ1) is 12.0. The lowest BCUT2D eigenvalue weighted by Gasteiger charge is -2.05. The molecule has 0 aliphatic rings. The molecule has 0 bridgehead atoms. The number of aromatic nitrogens is 2. The molecule has 0 aliphatic heterocycles. The maximum atomic E-state index is 11.7. The smallest absolute Gasteiger partial charge is 0.267 e. The van der Waals surface area contributed by atoms with Crippen LogP contribution in [0, 0.1) is 0 Å². The summed E-state index contributed by atoms with van der Waals surface area (Å²) in [4.78, 5) is 15.9. The average molecular weight is 293 g/mol. The molecule has 0 fully saturated rings. The molecule has 2 aromatic rings. The van der Waals surface area contributed by atoms with E-state index < -0.39 is 0 Å². The van der Waals surface area contributed by atoms with Crippen molar-refractivity contribution >= 4 is 15.9 Å². The van der Waals surface area contributed by atoms with E-state index in [1.54, 1.807) is 13.4 Å². The minimum absolute atomic E-state index is 0.0388. The molecule has 1 aromatic heterocycles. The van der Waals surface area contributed by atoms with Gasteiger partial charge >= 0.3 is 0 Å². The summed E-state index contributed by atoms with van der Waals surface area (Å²) in [5.41, 5.74) is 2.03. The molecular weight excluding hydrogens is 280 g/mol. The van der Waals surface area contributed by atoms with Crippen LogP contribution in [-0.4, -0.2) is 9.55 Å². The summed E-state index contributed by atoms with van der Waals surface area (Å²) in [6.45, 7) is 0. The molecule has 0 atom stereocenters. The molecule has 0 saturated heterocycles. The zero-order valence-corrected chi connectivity index (χ0v) is 11.1. The largest absolute Gasteiger partial charge is 0.301 e. The van der Waals surface area contributed by atoms with E-state index in [9.17, 15) is 4.79 Å². The van der Waals surface area contributed by atoms with Gasteiger partial charge in [-0.25, -0.2) is 4.98 Å². The summed E-state index contributed by atoms with van der Waals surface area (Å²) in [6, 6.07) is 10.2. The quantitative estimate of drug-likeness (QED) is 0.870. The van der Waals surface area contributed by atoms with Crippen LogP contribution in [0.25, 0.3) is 0 Å². The van der Waals surface area contributed by atoms with Crippen molar-refractivity contribution in [3.05, 3.63) is 62.7 Å². The van der Waals surface area contributed by atoms with Gasteiger partial charge in [0.05, 0.1) is 12.0 Å². The van der Waals surface area contributed by atoms with Gasteiger partial charge in [-0.1, -0.05) is 30.3 Å². The predicted octanol–water partition coefficient (Wildman–Crippen LogP) is 2.33. The maximum Gasteiger partial charge on any atom is 0.267 e. The Morgan fingerprint density at radius 1 is 1.24 bits per heavy atom. The van der Waals surface area contributed by atoms with E-state index in [1.807, 2.05) is 18.2 Å². The standard InChI is InChI=1S/C13H13BrN2O/c1-16-9-15-11(12(14)13(16)17)8-7-10-5-3-2-4-6-10/h2-6,9H,7-8H2,1H3. The second-order valence-electron chi connectivity index (χ2n) is 3.91. The van der Waals surface area contributed by atoms with E-state index >= 15 is 0 Å². The Morgan fingerprint density at radius 3 is 2.65 bits per heavy atom. The minimum atomic E-state index is -0.0388. The lowest BCUT2D eigenvalue weighted by molar-refractivity contribution is 0.779. The van der Waals surface area contributed by atoms with E-state index in [-0.39, 0.29) is 5.56 Å². The first-order valence-electron chi connectivity index (χ1n) is 5.42. The van der Waals surface area contributed by atoms with Crippen LogP contribution in [0.1, 0.15) is 11.3 Å².